The van der Waals surface area contributed by atoms with Crippen molar-refractivity contribution < 1.29 is 9.59 Å². The van der Waals surface area contributed by atoms with Crippen LogP contribution >= 0.6 is 34.4 Å². The second-order valence-electron chi connectivity index (χ2n) is 3.91. The lowest BCUT2D eigenvalue weighted by Crippen LogP contribution is -2.27. The fraction of sp³-hybridized carbons (Fsp3) is 0.333. The van der Waals surface area contributed by atoms with Gasteiger partial charge in [-0.3, -0.25) is 9.59 Å². The number of carbonyl (C=O) groups excluding carboxylic acids is 2. The minimum atomic E-state index is -0.0540. The van der Waals surface area contributed by atoms with E-state index >= 15 is 0 Å². The lowest BCUT2D eigenvalue weighted by molar-refractivity contribution is -0.116. The molecular formula is C12H13IN2O2S. The molecule has 96 valence electrons. The fourth-order valence-corrected chi connectivity index (χ4v) is 3.05. The fourth-order valence-electron chi connectivity index (χ4n) is 1.66. The topological polar surface area (TPSA) is 49.4 Å². The molecule has 0 aliphatic carbocycles. The van der Waals surface area contributed by atoms with Gasteiger partial charge in [0, 0.05) is 34.5 Å². The largest absolute Gasteiger partial charge is 0.332 e. The van der Waals surface area contributed by atoms with Crippen molar-refractivity contribution in [1.29, 1.82) is 0 Å². The molecule has 1 saturated heterocycles. The summed E-state index contributed by atoms with van der Waals surface area (Å²) in [5, 5.41) is 2.91. The summed E-state index contributed by atoms with van der Waals surface area (Å²) < 4.78 is 1.08. The number of nitrogens with one attached hydrogen (secondary N) is 1. The van der Waals surface area contributed by atoms with E-state index in [4.69, 9.17) is 0 Å². The number of nitrogens with zero attached hydrogens (tertiary/aromatic N) is 1. The number of anilines is 1. The Labute approximate surface area is 124 Å². The second-order valence-corrected chi connectivity index (χ2v) is 6.20. The normalized spacial score (nSPS) is 14.9. The van der Waals surface area contributed by atoms with Crippen LogP contribution in [0.2, 0.25) is 0 Å². The lowest BCUT2D eigenvalue weighted by atomic mass is 10.3. The molecule has 6 heteroatoms. The van der Waals surface area contributed by atoms with Crippen molar-refractivity contribution in [3.63, 3.8) is 0 Å². The first-order chi connectivity index (χ1) is 8.65. The smallest absolute Gasteiger partial charge is 0.281 e. The molecule has 1 fully saturated rings. The molecule has 1 heterocycles. The monoisotopic (exact) mass is 376 g/mol. The Balaban J connectivity index is 1.80. The van der Waals surface area contributed by atoms with Gasteiger partial charge in [0.05, 0.1) is 0 Å². The SMILES string of the molecule is O=C(CCN1CCSC1=O)Nc1cccc(I)c1. The van der Waals surface area contributed by atoms with Crippen LogP contribution < -0.4 is 5.32 Å². The molecule has 0 spiro atoms. The molecule has 1 aromatic carbocycles. The number of rotatable bonds is 4. The van der Waals surface area contributed by atoms with Crippen LogP contribution in [0.5, 0.6) is 0 Å². The minimum Gasteiger partial charge on any atom is -0.332 e. The number of halogens is 1. The number of carbonyl (C=O) groups is 2. The maximum atomic E-state index is 11.7. The van der Waals surface area contributed by atoms with Gasteiger partial charge in [0.15, 0.2) is 0 Å². The highest BCUT2D eigenvalue weighted by atomic mass is 127. The minimum absolute atomic E-state index is 0.0540. The van der Waals surface area contributed by atoms with Gasteiger partial charge >= 0.3 is 0 Å². The number of amides is 2. The van der Waals surface area contributed by atoms with Crippen LogP contribution in [0.1, 0.15) is 6.42 Å². The van der Waals surface area contributed by atoms with E-state index < -0.39 is 0 Å². The third kappa shape index (κ3) is 3.88. The zero-order valence-electron chi connectivity index (χ0n) is 9.69. The summed E-state index contributed by atoms with van der Waals surface area (Å²) in [6, 6.07) is 7.64. The van der Waals surface area contributed by atoms with Crippen LogP contribution in [0.3, 0.4) is 0 Å². The van der Waals surface area contributed by atoms with Gasteiger partial charge in [-0.05, 0) is 40.8 Å². The maximum absolute atomic E-state index is 11.7. The molecule has 0 saturated carbocycles. The molecule has 4 nitrogen and oxygen atoms in total. The number of hydrogen-bond acceptors (Lipinski definition) is 3. The quantitative estimate of drug-likeness (QED) is 0.823. The zero-order chi connectivity index (χ0) is 13.0. The Morgan fingerprint density at radius 3 is 3.00 bits per heavy atom. The van der Waals surface area contributed by atoms with Gasteiger partial charge in [-0.15, -0.1) is 0 Å². The van der Waals surface area contributed by atoms with Crippen molar-refractivity contribution in [3.05, 3.63) is 27.8 Å². The van der Waals surface area contributed by atoms with E-state index in [1.807, 2.05) is 24.3 Å². The van der Waals surface area contributed by atoms with Crippen LogP contribution in [0.4, 0.5) is 10.5 Å². The predicted octanol–water partition coefficient (Wildman–Crippen LogP) is 2.79. The maximum Gasteiger partial charge on any atom is 0.281 e. The summed E-state index contributed by atoms with van der Waals surface area (Å²) in [6.07, 6.45) is 0.345. The summed E-state index contributed by atoms with van der Waals surface area (Å²) in [6.45, 7) is 1.25. The zero-order valence-corrected chi connectivity index (χ0v) is 12.7. The number of hydrogen-bond donors (Lipinski definition) is 1. The molecule has 0 atom stereocenters. The lowest BCUT2D eigenvalue weighted by Gasteiger charge is -2.13. The van der Waals surface area contributed by atoms with E-state index in [0.717, 1.165) is 21.6 Å². The van der Waals surface area contributed by atoms with E-state index in [2.05, 4.69) is 27.9 Å². The van der Waals surface area contributed by atoms with Gasteiger partial charge < -0.3 is 10.2 Å². The van der Waals surface area contributed by atoms with Crippen molar-refractivity contribution >= 4 is 51.2 Å². The van der Waals surface area contributed by atoms with Crippen LogP contribution in [0.15, 0.2) is 24.3 Å². The molecule has 2 amide bonds. The first-order valence-electron chi connectivity index (χ1n) is 5.62. The first-order valence-corrected chi connectivity index (χ1v) is 7.69. The highest BCUT2D eigenvalue weighted by molar-refractivity contribution is 14.1. The highest BCUT2D eigenvalue weighted by Crippen LogP contribution is 2.17. The van der Waals surface area contributed by atoms with Gasteiger partial charge in [-0.1, -0.05) is 17.8 Å². The molecule has 0 unspecified atom stereocenters. The molecule has 18 heavy (non-hydrogen) atoms. The van der Waals surface area contributed by atoms with E-state index in [1.165, 1.54) is 11.8 Å². The van der Waals surface area contributed by atoms with Crippen molar-refractivity contribution in [1.82, 2.24) is 4.90 Å². The van der Waals surface area contributed by atoms with Crippen LogP contribution in [-0.4, -0.2) is 34.9 Å². The summed E-state index contributed by atoms with van der Waals surface area (Å²) in [4.78, 5) is 24.8. The number of thioether (sulfide) groups is 1. The van der Waals surface area contributed by atoms with Crippen molar-refractivity contribution in [2.75, 3.05) is 24.2 Å². The molecule has 1 aliphatic heterocycles. The Bertz CT molecular complexity index is 467. The number of benzene rings is 1. The van der Waals surface area contributed by atoms with Crippen molar-refractivity contribution in [2.24, 2.45) is 0 Å². The summed E-state index contributed by atoms with van der Waals surface area (Å²) >= 11 is 3.52. The van der Waals surface area contributed by atoms with Crippen LogP contribution in [0, 0.1) is 3.57 Å². The Morgan fingerprint density at radius 2 is 2.33 bits per heavy atom. The van der Waals surface area contributed by atoms with Gasteiger partial charge in [0.1, 0.15) is 0 Å². The molecule has 0 aromatic heterocycles. The standard InChI is InChI=1S/C12H13IN2O2S/c13-9-2-1-3-10(8-9)14-11(16)4-5-15-6-7-18-12(15)17/h1-3,8H,4-7H2,(H,14,16). The molecule has 1 aliphatic rings. The molecule has 1 N–H and O–H groups in total. The average Bonchev–Trinajstić information content (AvgIpc) is 2.72. The van der Waals surface area contributed by atoms with E-state index in [-0.39, 0.29) is 11.1 Å². The Kier molecular flexibility index (Phi) is 4.87. The van der Waals surface area contributed by atoms with Gasteiger partial charge in [-0.25, -0.2) is 0 Å². The highest BCUT2D eigenvalue weighted by Gasteiger charge is 2.21. The summed E-state index contributed by atoms with van der Waals surface area (Å²) in [5.74, 6) is 0.777. The van der Waals surface area contributed by atoms with E-state index in [1.54, 1.807) is 4.90 Å². The second kappa shape index (κ2) is 6.42. The van der Waals surface area contributed by atoms with Gasteiger partial charge in [0.25, 0.3) is 5.24 Å². The summed E-state index contributed by atoms with van der Waals surface area (Å²) in [7, 11) is 0. The first kappa shape index (κ1) is 13.7. The predicted molar refractivity (Wildman–Crippen MR) is 81.8 cm³/mol. The van der Waals surface area contributed by atoms with Gasteiger partial charge in [0.2, 0.25) is 5.91 Å². The van der Waals surface area contributed by atoms with E-state index in [9.17, 15) is 9.59 Å². The molecular weight excluding hydrogens is 363 g/mol. The average molecular weight is 376 g/mol. The van der Waals surface area contributed by atoms with Crippen LogP contribution in [-0.2, 0) is 4.79 Å². The molecule has 2 rings (SSSR count). The summed E-state index contributed by atoms with van der Waals surface area (Å²) in [5.41, 5.74) is 0.800. The van der Waals surface area contributed by atoms with E-state index in [0.29, 0.717) is 13.0 Å². The molecule has 0 bridgehead atoms. The van der Waals surface area contributed by atoms with Gasteiger partial charge in [-0.2, -0.15) is 0 Å². The molecule has 1 aromatic rings. The third-order valence-electron chi connectivity index (χ3n) is 2.56. The molecule has 0 radical (unpaired) electrons. The van der Waals surface area contributed by atoms with Crippen LogP contribution in [0.25, 0.3) is 0 Å². The van der Waals surface area contributed by atoms with Crippen molar-refractivity contribution in [3.8, 4) is 0 Å². The Hall–Kier alpha value is -0.760. The van der Waals surface area contributed by atoms with Crippen molar-refractivity contribution in [2.45, 2.75) is 6.42 Å². The Morgan fingerprint density at radius 1 is 1.50 bits per heavy atom. The third-order valence-corrected chi connectivity index (χ3v) is 4.12.